The molecule has 1 amide bonds. The van der Waals surface area contributed by atoms with Gasteiger partial charge in [0.2, 0.25) is 5.91 Å². The number of nitrogens with one attached hydrogen (secondary N) is 1. The van der Waals surface area contributed by atoms with E-state index in [1.165, 1.54) is 13.0 Å². The number of nitro groups is 1. The van der Waals surface area contributed by atoms with Gasteiger partial charge in [0.05, 0.1) is 4.92 Å². The van der Waals surface area contributed by atoms with E-state index in [9.17, 15) is 14.9 Å². The highest BCUT2D eigenvalue weighted by atomic mass is 16.6. The van der Waals surface area contributed by atoms with Crippen LogP contribution in [0.3, 0.4) is 0 Å². The largest absolute Gasteiger partial charge is 0.355 e. The van der Waals surface area contributed by atoms with Crippen LogP contribution in [-0.4, -0.2) is 34.9 Å². The van der Waals surface area contributed by atoms with Crippen LogP contribution < -0.4 is 10.2 Å². The Hall–Kier alpha value is -2.96. The second-order valence-electron chi connectivity index (χ2n) is 6.15. The van der Waals surface area contributed by atoms with E-state index in [0.717, 1.165) is 19.4 Å². The number of hydrogen-bond acceptors (Lipinski definition) is 5. The van der Waals surface area contributed by atoms with E-state index >= 15 is 0 Å². The molecule has 1 atom stereocenters. The number of amides is 1. The third-order valence-electron chi connectivity index (χ3n) is 4.26. The van der Waals surface area contributed by atoms with Crippen molar-refractivity contribution in [2.24, 2.45) is 0 Å². The number of anilines is 1. The molecule has 1 fully saturated rings. The first-order valence-electron chi connectivity index (χ1n) is 8.27. The lowest BCUT2D eigenvalue weighted by atomic mass is 10.1. The summed E-state index contributed by atoms with van der Waals surface area (Å²) < 4.78 is 0. The van der Waals surface area contributed by atoms with E-state index < -0.39 is 4.92 Å². The van der Waals surface area contributed by atoms with Gasteiger partial charge in [-0.25, -0.2) is 4.98 Å². The molecule has 1 aromatic heterocycles. The van der Waals surface area contributed by atoms with Crippen LogP contribution in [0.25, 0.3) is 11.3 Å². The van der Waals surface area contributed by atoms with Crippen molar-refractivity contribution in [1.29, 1.82) is 0 Å². The van der Waals surface area contributed by atoms with Gasteiger partial charge in [-0.1, -0.05) is 30.3 Å². The van der Waals surface area contributed by atoms with Gasteiger partial charge in [-0.3, -0.25) is 14.9 Å². The van der Waals surface area contributed by atoms with Gasteiger partial charge in [0.15, 0.2) is 5.69 Å². The highest BCUT2D eigenvalue weighted by Crippen LogP contribution is 2.31. The SMILES string of the molecule is CC(=O)N[C@H]1CCCN(c2ccc([N+](=O)[O-])c(-c3ccccc3)n2)C1. The first-order chi connectivity index (χ1) is 12.0. The number of piperidine rings is 1. The summed E-state index contributed by atoms with van der Waals surface area (Å²) in [5.74, 6) is 0.646. The second-order valence-corrected chi connectivity index (χ2v) is 6.15. The molecule has 0 saturated carbocycles. The third-order valence-corrected chi connectivity index (χ3v) is 4.26. The molecule has 0 aliphatic carbocycles. The Morgan fingerprint density at radius 1 is 1.28 bits per heavy atom. The maximum atomic E-state index is 11.4. The maximum absolute atomic E-state index is 11.4. The van der Waals surface area contributed by atoms with Crippen LogP contribution in [0.5, 0.6) is 0 Å². The van der Waals surface area contributed by atoms with E-state index in [1.54, 1.807) is 6.07 Å². The van der Waals surface area contributed by atoms with Crippen molar-refractivity contribution in [1.82, 2.24) is 10.3 Å². The molecule has 0 unspecified atom stereocenters. The molecule has 1 N–H and O–H groups in total. The summed E-state index contributed by atoms with van der Waals surface area (Å²) in [6, 6.07) is 12.4. The molecule has 7 nitrogen and oxygen atoms in total. The summed E-state index contributed by atoms with van der Waals surface area (Å²) in [5.41, 5.74) is 1.07. The summed E-state index contributed by atoms with van der Waals surface area (Å²) in [7, 11) is 0. The number of rotatable bonds is 4. The first kappa shape index (κ1) is 16.9. The van der Waals surface area contributed by atoms with Crippen molar-refractivity contribution < 1.29 is 9.72 Å². The number of pyridine rings is 1. The van der Waals surface area contributed by atoms with Crippen molar-refractivity contribution in [3.63, 3.8) is 0 Å². The highest BCUT2D eigenvalue weighted by Gasteiger charge is 2.24. The number of aromatic nitrogens is 1. The zero-order chi connectivity index (χ0) is 17.8. The van der Waals surface area contributed by atoms with E-state index in [-0.39, 0.29) is 17.6 Å². The van der Waals surface area contributed by atoms with Crippen LogP contribution >= 0.6 is 0 Å². The summed E-state index contributed by atoms with van der Waals surface area (Å²) in [6.45, 7) is 2.98. The van der Waals surface area contributed by atoms with Gasteiger partial charge in [-0.15, -0.1) is 0 Å². The number of nitrogens with zero attached hydrogens (tertiary/aromatic N) is 3. The minimum Gasteiger partial charge on any atom is -0.355 e. The molecule has 2 aromatic rings. The van der Waals surface area contributed by atoms with Crippen LogP contribution in [0, 0.1) is 10.1 Å². The van der Waals surface area contributed by atoms with Crippen molar-refractivity contribution in [2.75, 3.05) is 18.0 Å². The molecule has 3 rings (SSSR count). The van der Waals surface area contributed by atoms with Crippen molar-refractivity contribution in [3.8, 4) is 11.3 Å². The molecular weight excluding hydrogens is 320 g/mol. The van der Waals surface area contributed by atoms with Crippen LogP contribution in [0.15, 0.2) is 42.5 Å². The van der Waals surface area contributed by atoms with Crippen LogP contribution in [-0.2, 0) is 4.79 Å². The summed E-state index contributed by atoms with van der Waals surface area (Å²) in [5, 5.41) is 14.3. The predicted molar refractivity (Wildman–Crippen MR) is 95.4 cm³/mol. The number of carbonyl (C=O) groups excluding carboxylic acids is 1. The van der Waals surface area contributed by atoms with Gasteiger partial charge in [0, 0.05) is 37.7 Å². The molecule has 0 bridgehead atoms. The van der Waals surface area contributed by atoms with Crippen LogP contribution in [0.4, 0.5) is 11.5 Å². The molecule has 0 spiro atoms. The standard InChI is InChI=1S/C18H20N4O3/c1-13(23)19-15-8-5-11-21(12-15)17-10-9-16(22(24)25)18(20-17)14-6-3-2-4-7-14/h2-4,6-7,9-10,15H,5,8,11-12H2,1H3,(H,19,23)/t15-/m0/s1. The minimum absolute atomic E-state index is 0.00892. The minimum atomic E-state index is -0.407. The summed E-state index contributed by atoms with van der Waals surface area (Å²) >= 11 is 0. The fourth-order valence-corrected chi connectivity index (χ4v) is 3.16. The molecular formula is C18H20N4O3. The molecule has 2 heterocycles. The molecule has 25 heavy (non-hydrogen) atoms. The van der Waals surface area contributed by atoms with E-state index in [0.29, 0.717) is 23.6 Å². The molecule has 0 radical (unpaired) electrons. The Kier molecular flexibility index (Phi) is 4.92. The van der Waals surface area contributed by atoms with Gasteiger partial charge < -0.3 is 10.2 Å². The monoisotopic (exact) mass is 340 g/mol. The smallest absolute Gasteiger partial charge is 0.295 e. The maximum Gasteiger partial charge on any atom is 0.295 e. The molecule has 1 aliphatic rings. The Morgan fingerprint density at radius 3 is 2.72 bits per heavy atom. The fourth-order valence-electron chi connectivity index (χ4n) is 3.16. The van der Waals surface area contributed by atoms with Crippen molar-refractivity contribution in [3.05, 3.63) is 52.6 Å². The fraction of sp³-hybridized carbons (Fsp3) is 0.333. The normalized spacial score (nSPS) is 17.2. The van der Waals surface area contributed by atoms with Crippen molar-refractivity contribution in [2.45, 2.75) is 25.8 Å². The third kappa shape index (κ3) is 3.93. The van der Waals surface area contributed by atoms with Gasteiger partial charge in [-0.2, -0.15) is 0 Å². The zero-order valence-electron chi connectivity index (χ0n) is 14.0. The van der Waals surface area contributed by atoms with Gasteiger partial charge >= 0.3 is 0 Å². The Labute approximate surface area is 145 Å². The van der Waals surface area contributed by atoms with Crippen LogP contribution in [0.1, 0.15) is 19.8 Å². The number of benzene rings is 1. The molecule has 7 heteroatoms. The molecule has 1 saturated heterocycles. The Balaban J connectivity index is 1.92. The molecule has 1 aromatic carbocycles. The lowest BCUT2D eigenvalue weighted by Gasteiger charge is -2.33. The Bertz CT molecular complexity index is 779. The summed E-state index contributed by atoms with van der Waals surface area (Å²) in [6.07, 6.45) is 1.86. The van der Waals surface area contributed by atoms with E-state index in [1.807, 2.05) is 30.3 Å². The quantitative estimate of drug-likeness (QED) is 0.683. The number of hydrogen-bond donors (Lipinski definition) is 1. The highest BCUT2D eigenvalue weighted by molar-refractivity contribution is 5.73. The van der Waals surface area contributed by atoms with E-state index in [2.05, 4.69) is 15.2 Å². The number of carbonyl (C=O) groups is 1. The second kappa shape index (κ2) is 7.29. The van der Waals surface area contributed by atoms with Gasteiger partial charge in [-0.05, 0) is 18.9 Å². The van der Waals surface area contributed by atoms with Gasteiger partial charge in [0.25, 0.3) is 5.69 Å². The topological polar surface area (TPSA) is 88.4 Å². The van der Waals surface area contributed by atoms with Crippen LogP contribution in [0.2, 0.25) is 0 Å². The van der Waals surface area contributed by atoms with Crippen molar-refractivity contribution >= 4 is 17.4 Å². The van der Waals surface area contributed by atoms with Gasteiger partial charge in [0.1, 0.15) is 5.82 Å². The average Bonchev–Trinajstić information content (AvgIpc) is 2.61. The zero-order valence-corrected chi connectivity index (χ0v) is 14.0. The predicted octanol–water partition coefficient (Wildman–Crippen LogP) is 2.76. The first-order valence-corrected chi connectivity index (χ1v) is 8.27. The Morgan fingerprint density at radius 2 is 2.04 bits per heavy atom. The lowest BCUT2D eigenvalue weighted by molar-refractivity contribution is -0.384. The average molecular weight is 340 g/mol. The molecule has 1 aliphatic heterocycles. The van der Waals surface area contributed by atoms with E-state index in [4.69, 9.17) is 0 Å². The molecule has 130 valence electrons. The summed E-state index contributed by atoms with van der Waals surface area (Å²) in [4.78, 5) is 28.9. The lowest BCUT2D eigenvalue weighted by Crippen LogP contribution is -2.47.